The summed E-state index contributed by atoms with van der Waals surface area (Å²) < 4.78 is 27.9. The molecule has 1 aromatic rings. The molecule has 1 unspecified atom stereocenters. The van der Waals surface area contributed by atoms with Crippen LogP contribution in [0.3, 0.4) is 0 Å². The Hall–Kier alpha value is 0.0500. The van der Waals surface area contributed by atoms with E-state index in [9.17, 15) is 8.42 Å². The highest BCUT2D eigenvalue weighted by atomic mass is 79.9. The van der Waals surface area contributed by atoms with E-state index in [1.807, 2.05) is 6.07 Å². The van der Waals surface area contributed by atoms with Crippen LogP contribution in [0.4, 0.5) is 0 Å². The van der Waals surface area contributed by atoms with Gasteiger partial charge in [0.05, 0.1) is 3.79 Å². The monoisotopic (exact) mass is 394 g/mol. The van der Waals surface area contributed by atoms with Gasteiger partial charge in [0.2, 0.25) is 10.0 Å². The van der Waals surface area contributed by atoms with Crippen molar-refractivity contribution in [2.75, 3.05) is 19.6 Å². The Morgan fingerprint density at radius 3 is 2.95 bits per heavy atom. The molecule has 1 fully saturated rings. The molecule has 21 heavy (non-hydrogen) atoms. The van der Waals surface area contributed by atoms with Crippen molar-refractivity contribution in [2.45, 2.75) is 44.6 Å². The predicted octanol–water partition coefficient (Wildman–Crippen LogP) is 3.43. The van der Waals surface area contributed by atoms with Gasteiger partial charge in [0.1, 0.15) is 4.90 Å². The maximum atomic E-state index is 12.8. The summed E-state index contributed by atoms with van der Waals surface area (Å²) in [5, 5.41) is 3.31. The molecule has 0 saturated carbocycles. The van der Waals surface area contributed by atoms with Gasteiger partial charge in [0.25, 0.3) is 0 Å². The van der Waals surface area contributed by atoms with Gasteiger partial charge in [0.15, 0.2) is 0 Å². The number of sulfonamides is 1. The molecule has 1 saturated heterocycles. The maximum Gasteiger partial charge on any atom is 0.245 e. The van der Waals surface area contributed by atoms with Gasteiger partial charge < -0.3 is 5.32 Å². The van der Waals surface area contributed by atoms with Gasteiger partial charge in [-0.1, -0.05) is 13.8 Å². The fraction of sp³-hybridized carbons (Fsp3) is 0.714. The van der Waals surface area contributed by atoms with E-state index in [2.05, 4.69) is 35.1 Å². The molecule has 0 aromatic carbocycles. The minimum absolute atomic E-state index is 0.426. The van der Waals surface area contributed by atoms with E-state index >= 15 is 0 Å². The Kier molecular flexibility index (Phi) is 6.25. The standard InChI is InChI=1S/C14H23BrN2O2S2/c1-3-6-16-9-12-8-13(14(15)20-12)21(18,19)17-7-4-5-11(2)10-17/h8,11,16H,3-7,9-10H2,1-2H3. The van der Waals surface area contributed by atoms with Crippen molar-refractivity contribution >= 4 is 37.3 Å². The largest absolute Gasteiger partial charge is 0.312 e. The summed E-state index contributed by atoms with van der Waals surface area (Å²) in [6.45, 7) is 7.17. The van der Waals surface area contributed by atoms with Crippen molar-refractivity contribution in [2.24, 2.45) is 5.92 Å². The summed E-state index contributed by atoms with van der Waals surface area (Å²) in [5.74, 6) is 0.441. The van der Waals surface area contributed by atoms with Crippen molar-refractivity contribution in [3.8, 4) is 0 Å². The van der Waals surface area contributed by atoms with E-state index in [1.165, 1.54) is 11.3 Å². The molecule has 0 radical (unpaired) electrons. The van der Waals surface area contributed by atoms with Crippen molar-refractivity contribution in [1.82, 2.24) is 9.62 Å². The number of rotatable bonds is 6. The van der Waals surface area contributed by atoms with E-state index in [0.717, 1.165) is 37.2 Å². The molecule has 1 atom stereocenters. The molecule has 1 aliphatic heterocycles. The highest BCUT2D eigenvalue weighted by Gasteiger charge is 2.31. The molecular formula is C14H23BrN2O2S2. The highest BCUT2D eigenvalue weighted by molar-refractivity contribution is 9.11. The number of nitrogens with zero attached hydrogens (tertiary/aromatic N) is 1. The lowest BCUT2D eigenvalue weighted by molar-refractivity contribution is 0.281. The second kappa shape index (κ2) is 7.55. The van der Waals surface area contributed by atoms with Crippen molar-refractivity contribution in [3.63, 3.8) is 0 Å². The first-order chi connectivity index (χ1) is 9.95. The number of halogens is 1. The third-order valence-corrected chi connectivity index (χ3v) is 7.79. The van der Waals surface area contributed by atoms with Crippen LogP contribution in [-0.2, 0) is 16.6 Å². The zero-order valence-electron chi connectivity index (χ0n) is 12.6. The molecule has 7 heteroatoms. The normalized spacial score (nSPS) is 20.8. The number of nitrogens with one attached hydrogen (secondary N) is 1. The summed E-state index contributed by atoms with van der Waals surface area (Å²) in [6.07, 6.45) is 3.14. The van der Waals surface area contributed by atoms with Crippen LogP contribution in [0.1, 0.15) is 38.0 Å². The summed E-state index contributed by atoms with van der Waals surface area (Å²) in [4.78, 5) is 1.48. The minimum atomic E-state index is -3.37. The number of hydrogen-bond donors (Lipinski definition) is 1. The van der Waals surface area contributed by atoms with Gasteiger partial charge >= 0.3 is 0 Å². The molecule has 2 heterocycles. The van der Waals surface area contributed by atoms with Crippen molar-refractivity contribution in [3.05, 3.63) is 14.7 Å². The van der Waals surface area contributed by atoms with E-state index in [-0.39, 0.29) is 0 Å². The van der Waals surface area contributed by atoms with Crippen LogP contribution >= 0.6 is 27.3 Å². The van der Waals surface area contributed by atoms with Gasteiger partial charge in [-0.05, 0) is 53.7 Å². The van der Waals surface area contributed by atoms with E-state index < -0.39 is 10.0 Å². The summed E-state index contributed by atoms with van der Waals surface area (Å²) in [7, 11) is -3.37. The third kappa shape index (κ3) is 4.28. The molecule has 0 spiro atoms. The molecule has 120 valence electrons. The summed E-state index contributed by atoms with van der Waals surface area (Å²) >= 11 is 4.93. The second-order valence-corrected chi connectivity index (χ2v) is 10.00. The third-order valence-electron chi connectivity index (χ3n) is 3.67. The van der Waals surface area contributed by atoms with Crippen molar-refractivity contribution < 1.29 is 8.42 Å². The van der Waals surface area contributed by atoms with Gasteiger partial charge in [-0.3, -0.25) is 0 Å². The van der Waals surface area contributed by atoms with E-state index in [0.29, 0.717) is 27.7 Å². The molecule has 0 amide bonds. The Balaban J connectivity index is 2.15. The smallest absolute Gasteiger partial charge is 0.245 e. The molecule has 1 N–H and O–H groups in total. The van der Waals surface area contributed by atoms with Crippen LogP contribution in [0.5, 0.6) is 0 Å². The molecule has 0 bridgehead atoms. The summed E-state index contributed by atoms with van der Waals surface area (Å²) in [5.41, 5.74) is 0. The maximum absolute atomic E-state index is 12.8. The Bertz CT molecular complexity index is 572. The van der Waals surface area contributed by atoms with Crippen LogP contribution in [0.25, 0.3) is 0 Å². The van der Waals surface area contributed by atoms with Crippen LogP contribution in [0, 0.1) is 5.92 Å². The first-order valence-corrected chi connectivity index (χ1v) is 10.5. The Morgan fingerprint density at radius 2 is 2.29 bits per heavy atom. The average Bonchev–Trinajstić information content (AvgIpc) is 2.81. The van der Waals surface area contributed by atoms with Crippen LogP contribution in [-0.4, -0.2) is 32.4 Å². The number of piperidine rings is 1. The van der Waals surface area contributed by atoms with Gasteiger partial charge in [-0.25, -0.2) is 8.42 Å². The lowest BCUT2D eigenvalue weighted by atomic mass is 10.0. The summed E-state index contributed by atoms with van der Waals surface area (Å²) in [6, 6.07) is 1.81. The Morgan fingerprint density at radius 1 is 1.52 bits per heavy atom. The van der Waals surface area contributed by atoms with Gasteiger partial charge in [-0.15, -0.1) is 11.3 Å². The second-order valence-electron chi connectivity index (χ2n) is 5.64. The van der Waals surface area contributed by atoms with Crippen LogP contribution in [0.15, 0.2) is 14.7 Å². The lowest BCUT2D eigenvalue weighted by Gasteiger charge is -2.29. The number of hydrogen-bond acceptors (Lipinski definition) is 4. The SMILES string of the molecule is CCCNCc1cc(S(=O)(=O)N2CCCC(C)C2)c(Br)s1. The lowest BCUT2D eigenvalue weighted by Crippen LogP contribution is -2.39. The molecule has 1 aromatic heterocycles. The predicted molar refractivity (Wildman–Crippen MR) is 91.2 cm³/mol. The van der Waals surface area contributed by atoms with Gasteiger partial charge in [0, 0.05) is 24.5 Å². The highest BCUT2D eigenvalue weighted by Crippen LogP contribution is 2.34. The topological polar surface area (TPSA) is 49.4 Å². The zero-order valence-corrected chi connectivity index (χ0v) is 15.8. The fourth-order valence-corrected chi connectivity index (χ4v) is 6.75. The van der Waals surface area contributed by atoms with Crippen LogP contribution < -0.4 is 5.32 Å². The first kappa shape index (κ1) is 17.4. The Labute approximate surface area is 140 Å². The quantitative estimate of drug-likeness (QED) is 0.751. The zero-order chi connectivity index (χ0) is 15.5. The molecule has 0 aliphatic carbocycles. The fourth-order valence-electron chi connectivity index (χ4n) is 2.55. The molecule has 4 nitrogen and oxygen atoms in total. The first-order valence-electron chi connectivity index (χ1n) is 7.44. The molecule has 1 aliphatic rings. The molecular weight excluding hydrogens is 372 g/mol. The van der Waals surface area contributed by atoms with Crippen molar-refractivity contribution in [1.29, 1.82) is 0 Å². The minimum Gasteiger partial charge on any atom is -0.312 e. The van der Waals surface area contributed by atoms with E-state index in [1.54, 1.807) is 4.31 Å². The van der Waals surface area contributed by atoms with Gasteiger partial charge in [-0.2, -0.15) is 4.31 Å². The van der Waals surface area contributed by atoms with Crippen LogP contribution in [0.2, 0.25) is 0 Å². The number of thiophene rings is 1. The molecule has 2 rings (SSSR count). The average molecular weight is 395 g/mol. The van der Waals surface area contributed by atoms with E-state index in [4.69, 9.17) is 0 Å².